The molecule has 3 heteroatoms. The summed E-state index contributed by atoms with van der Waals surface area (Å²) >= 11 is 0. The Hall–Kier alpha value is -1.09. The molecule has 0 amide bonds. The third kappa shape index (κ3) is 4.62. The molecule has 0 aliphatic rings. The largest absolute Gasteiger partial charge is 0.493 e. The van der Waals surface area contributed by atoms with Gasteiger partial charge in [-0.2, -0.15) is 0 Å². The molecule has 1 aromatic rings. The van der Waals surface area contributed by atoms with Gasteiger partial charge in [-0.3, -0.25) is 4.98 Å². The van der Waals surface area contributed by atoms with Crippen molar-refractivity contribution in [2.75, 3.05) is 13.7 Å². The molecule has 0 bridgehead atoms. The molecule has 0 saturated carbocycles. The van der Waals surface area contributed by atoms with Gasteiger partial charge >= 0.3 is 0 Å². The number of nitrogens with one attached hydrogen (secondary N) is 1. The lowest BCUT2D eigenvalue weighted by atomic mass is 10.1. The van der Waals surface area contributed by atoms with Gasteiger partial charge in [0.15, 0.2) is 0 Å². The molecule has 16 heavy (non-hydrogen) atoms. The molecule has 90 valence electrons. The molecule has 0 radical (unpaired) electrons. The number of hydrogen-bond donors (Lipinski definition) is 1. The van der Waals surface area contributed by atoms with E-state index < -0.39 is 0 Å². The van der Waals surface area contributed by atoms with E-state index in [1.165, 1.54) is 6.42 Å². The van der Waals surface area contributed by atoms with Crippen LogP contribution < -0.4 is 10.1 Å². The van der Waals surface area contributed by atoms with Crippen molar-refractivity contribution in [3.8, 4) is 5.75 Å². The maximum atomic E-state index is 5.76. The Labute approximate surface area is 98.2 Å². The number of rotatable bonds is 7. The highest BCUT2D eigenvalue weighted by Crippen LogP contribution is 2.17. The first-order valence-corrected chi connectivity index (χ1v) is 5.94. The smallest absolute Gasteiger partial charge is 0.126 e. The predicted molar refractivity (Wildman–Crippen MR) is 66.6 cm³/mol. The molecule has 1 heterocycles. The number of ether oxygens (including phenoxy) is 1. The summed E-state index contributed by atoms with van der Waals surface area (Å²) in [4.78, 5) is 4.10. The lowest BCUT2D eigenvalue weighted by Crippen LogP contribution is -2.08. The molecular weight excluding hydrogens is 200 g/mol. The van der Waals surface area contributed by atoms with E-state index in [9.17, 15) is 0 Å². The molecule has 0 aliphatic carbocycles. The van der Waals surface area contributed by atoms with Crippen LogP contribution in [0.2, 0.25) is 0 Å². The zero-order valence-electron chi connectivity index (χ0n) is 10.5. The van der Waals surface area contributed by atoms with Crippen molar-refractivity contribution in [3.05, 3.63) is 24.0 Å². The molecule has 0 atom stereocenters. The van der Waals surface area contributed by atoms with Gasteiger partial charge in [0, 0.05) is 24.5 Å². The first-order chi connectivity index (χ1) is 7.74. The van der Waals surface area contributed by atoms with Gasteiger partial charge in [-0.1, -0.05) is 13.8 Å². The molecule has 0 aromatic carbocycles. The second-order valence-electron chi connectivity index (χ2n) is 4.40. The quantitative estimate of drug-likeness (QED) is 0.720. The fraction of sp³-hybridized carbons (Fsp3) is 0.615. The minimum atomic E-state index is 0.748. The maximum absolute atomic E-state index is 5.76. The van der Waals surface area contributed by atoms with Crippen LogP contribution in [0.25, 0.3) is 0 Å². The van der Waals surface area contributed by atoms with E-state index in [0.717, 1.165) is 36.8 Å². The van der Waals surface area contributed by atoms with Crippen molar-refractivity contribution in [1.29, 1.82) is 0 Å². The summed E-state index contributed by atoms with van der Waals surface area (Å²) in [6.45, 7) is 6.06. The van der Waals surface area contributed by atoms with Gasteiger partial charge in [0.05, 0.1) is 6.61 Å². The predicted octanol–water partition coefficient (Wildman–Crippen LogP) is 2.62. The summed E-state index contributed by atoms with van der Waals surface area (Å²) in [7, 11) is 1.93. The van der Waals surface area contributed by atoms with Crippen molar-refractivity contribution in [1.82, 2.24) is 10.3 Å². The molecular formula is C13H22N2O. The third-order valence-electron chi connectivity index (χ3n) is 2.41. The van der Waals surface area contributed by atoms with Crippen LogP contribution in [0.5, 0.6) is 5.75 Å². The van der Waals surface area contributed by atoms with Crippen LogP contribution in [0.1, 0.15) is 32.3 Å². The van der Waals surface area contributed by atoms with E-state index in [4.69, 9.17) is 4.74 Å². The summed E-state index contributed by atoms with van der Waals surface area (Å²) in [5.41, 5.74) is 1.12. The molecule has 1 rings (SSSR count). The average molecular weight is 222 g/mol. The van der Waals surface area contributed by atoms with Crippen LogP contribution in [0.4, 0.5) is 0 Å². The van der Waals surface area contributed by atoms with Crippen LogP contribution in [0.3, 0.4) is 0 Å². The van der Waals surface area contributed by atoms with Crippen LogP contribution in [-0.2, 0) is 6.54 Å². The lowest BCUT2D eigenvalue weighted by molar-refractivity contribution is 0.294. The third-order valence-corrected chi connectivity index (χ3v) is 2.41. The fourth-order valence-electron chi connectivity index (χ4n) is 1.55. The maximum Gasteiger partial charge on any atom is 0.126 e. The molecule has 3 nitrogen and oxygen atoms in total. The van der Waals surface area contributed by atoms with E-state index in [1.807, 2.05) is 19.3 Å². The SMILES string of the molecule is CNCc1cnccc1OCCCC(C)C. The van der Waals surface area contributed by atoms with Gasteiger partial charge in [-0.05, 0) is 31.9 Å². The minimum Gasteiger partial charge on any atom is -0.493 e. The van der Waals surface area contributed by atoms with Crippen LogP contribution >= 0.6 is 0 Å². The second kappa shape index (κ2) is 7.23. The van der Waals surface area contributed by atoms with Crippen LogP contribution in [0.15, 0.2) is 18.5 Å². The Morgan fingerprint density at radius 3 is 2.94 bits per heavy atom. The number of aromatic nitrogens is 1. The van der Waals surface area contributed by atoms with Crippen molar-refractivity contribution in [2.45, 2.75) is 33.2 Å². The summed E-state index contributed by atoms with van der Waals surface area (Å²) in [6.07, 6.45) is 5.96. The summed E-state index contributed by atoms with van der Waals surface area (Å²) in [5.74, 6) is 1.70. The monoisotopic (exact) mass is 222 g/mol. The van der Waals surface area contributed by atoms with E-state index in [1.54, 1.807) is 6.20 Å². The standard InChI is InChI=1S/C13H22N2O/c1-11(2)5-4-8-16-13-6-7-15-10-12(13)9-14-3/h6-7,10-11,14H,4-5,8-9H2,1-3H3. The van der Waals surface area contributed by atoms with E-state index in [-0.39, 0.29) is 0 Å². The Bertz CT molecular complexity index is 300. The van der Waals surface area contributed by atoms with Crippen molar-refractivity contribution < 1.29 is 4.74 Å². The van der Waals surface area contributed by atoms with Crippen molar-refractivity contribution in [2.24, 2.45) is 5.92 Å². The molecule has 0 unspecified atom stereocenters. The lowest BCUT2D eigenvalue weighted by Gasteiger charge is -2.11. The van der Waals surface area contributed by atoms with E-state index in [0.29, 0.717) is 0 Å². The molecule has 1 N–H and O–H groups in total. The topological polar surface area (TPSA) is 34.2 Å². The molecule has 0 saturated heterocycles. The molecule has 0 fully saturated rings. The Morgan fingerprint density at radius 1 is 1.44 bits per heavy atom. The Balaban J connectivity index is 2.40. The summed E-state index contributed by atoms with van der Waals surface area (Å²) in [5, 5.41) is 3.11. The highest BCUT2D eigenvalue weighted by Gasteiger charge is 2.02. The van der Waals surface area contributed by atoms with Gasteiger partial charge in [0.2, 0.25) is 0 Å². The Morgan fingerprint density at radius 2 is 2.25 bits per heavy atom. The summed E-state index contributed by atoms with van der Waals surface area (Å²) < 4.78 is 5.76. The van der Waals surface area contributed by atoms with Gasteiger partial charge in [0.1, 0.15) is 5.75 Å². The molecule has 0 spiro atoms. The van der Waals surface area contributed by atoms with Crippen molar-refractivity contribution >= 4 is 0 Å². The van der Waals surface area contributed by atoms with Gasteiger partial charge in [-0.25, -0.2) is 0 Å². The first kappa shape index (κ1) is 13.0. The minimum absolute atomic E-state index is 0.748. The normalized spacial score (nSPS) is 10.8. The highest BCUT2D eigenvalue weighted by atomic mass is 16.5. The van der Waals surface area contributed by atoms with E-state index in [2.05, 4.69) is 24.1 Å². The Kier molecular flexibility index (Phi) is 5.86. The highest BCUT2D eigenvalue weighted by molar-refractivity contribution is 5.29. The number of pyridine rings is 1. The number of nitrogens with zero attached hydrogens (tertiary/aromatic N) is 1. The van der Waals surface area contributed by atoms with Gasteiger partial charge in [-0.15, -0.1) is 0 Å². The van der Waals surface area contributed by atoms with Crippen molar-refractivity contribution in [3.63, 3.8) is 0 Å². The average Bonchev–Trinajstić information content (AvgIpc) is 2.26. The number of hydrogen-bond acceptors (Lipinski definition) is 3. The molecule has 1 aromatic heterocycles. The van der Waals surface area contributed by atoms with Gasteiger partial charge < -0.3 is 10.1 Å². The summed E-state index contributed by atoms with van der Waals surface area (Å²) in [6, 6.07) is 1.93. The van der Waals surface area contributed by atoms with Gasteiger partial charge in [0.25, 0.3) is 0 Å². The van der Waals surface area contributed by atoms with E-state index >= 15 is 0 Å². The zero-order valence-corrected chi connectivity index (χ0v) is 10.5. The fourth-order valence-corrected chi connectivity index (χ4v) is 1.55. The first-order valence-electron chi connectivity index (χ1n) is 5.94. The van der Waals surface area contributed by atoms with Crippen LogP contribution in [-0.4, -0.2) is 18.6 Å². The zero-order chi connectivity index (χ0) is 11.8. The second-order valence-corrected chi connectivity index (χ2v) is 4.40. The molecule has 0 aliphatic heterocycles. The van der Waals surface area contributed by atoms with Crippen LogP contribution in [0, 0.1) is 5.92 Å².